The van der Waals surface area contributed by atoms with Gasteiger partial charge in [-0.05, 0) is 33.4 Å². The lowest BCUT2D eigenvalue weighted by Crippen LogP contribution is -2.21. The summed E-state index contributed by atoms with van der Waals surface area (Å²) in [5.41, 5.74) is 1.18. The van der Waals surface area contributed by atoms with Crippen LogP contribution in [0.15, 0.2) is 32.7 Å². The molecular weight excluding hydrogens is 286 g/mol. The maximum absolute atomic E-state index is 5.52. The number of hydrogen-bond acceptors (Lipinski definition) is 3. The lowest BCUT2D eigenvalue weighted by Gasteiger charge is -2.07. The van der Waals surface area contributed by atoms with Gasteiger partial charge in [-0.3, -0.25) is 0 Å². The third-order valence-corrected chi connectivity index (χ3v) is 4.15. The van der Waals surface area contributed by atoms with Gasteiger partial charge in [-0.15, -0.1) is 11.3 Å². The number of thiophene rings is 1. The van der Waals surface area contributed by atoms with Gasteiger partial charge in [0.05, 0.1) is 17.7 Å². The summed E-state index contributed by atoms with van der Waals surface area (Å²) >= 11 is 5.27. The highest BCUT2D eigenvalue weighted by molar-refractivity contribution is 9.10. The zero-order valence-electron chi connectivity index (χ0n) is 9.29. The maximum atomic E-state index is 5.52. The molecule has 0 aliphatic rings. The smallest absolute Gasteiger partial charge is 0.126 e. The second-order valence-electron chi connectivity index (χ2n) is 3.89. The van der Waals surface area contributed by atoms with E-state index in [2.05, 4.69) is 46.5 Å². The summed E-state index contributed by atoms with van der Waals surface area (Å²) in [5, 5.41) is 5.44. The molecule has 1 N–H and O–H groups in total. The molecule has 0 unspecified atom stereocenters. The van der Waals surface area contributed by atoms with E-state index in [1.165, 1.54) is 10.4 Å². The van der Waals surface area contributed by atoms with Crippen molar-refractivity contribution in [3.8, 4) is 10.4 Å². The first-order valence-corrected chi connectivity index (χ1v) is 6.89. The summed E-state index contributed by atoms with van der Waals surface area (Å²) in [6.45, 7) is 5.03. The molecule has 16 heavy (non-hydrogen) atoms. The van der Waals surface area contributed by atoms with Crippen LogP contribution in [-0.2, 0) is 6.54 Å². The van der Waals surface area contributed by atoms with Gasteiger partial charge in [0.1, 0.15) is 5.76 Å². The Morgan fingerprint density at radius 1 is 1.44 bits per heavy atom. The van der Waals surface area contributed by atoms with Crippen LogP contribution in [0.4, 0.5) is 0 Å². The molecule has 2 aromatic rings. The monoisotopic (exact) mass is 299 g/mol. The molecule has 0 aliphatic heterocycles. The average molecular weight is 300 g/mol. The van der Waals surface area contributed by atoms with E-state index < -0.39 is 0 Å². The molecule has 4 heteroatoms. The maximum Gasteiger partial charge on any atom is 0.126 e. The van der Waals surface area contributed by atoms with E-state index in [4.69, 9.17) is 4.42 Å². The molecule has 0 aromatic carbocycles. The van der Waals surface area contributed by atoms with Gasteiger partial charge in [0.15, 0.2) is 0 Å². The first-order valence-electron chi connectivity index (χ1n) is 5.21. The number of rotatable bonds is 4. The molecule has 2 rings (SSSR count). The highest BCUT2D eigenvalue weighted by Gasteiger charge is 2.12. The van der Waals surface area contributed by atoms with Crippen molar-refractivity contribution in [1.82, 2.24) is 5.32 Å². The van der Waals surface area contributed by atoms with Crippen molar-refractivity contribution in [3.05, 3.63) is 34.0 Å². The summed E-state index contributed by atoms with van der Waals surface area (Å²) in [6, 6.07) is 4.55. The second kappa shape index (κ2) is 5.17. The zero-order chi connectivity index (χ0) is 11.5. The number of furan rings is 1. The highest BCUT2D eigenvalue weighted by Crippen LogP contribution is 2.36. The lowest BCUT2D eigenvalue weighted by atomic mass is 10.2. The fourth-order valence-corrected chi connectivity index (χ4v) is 3.09. The van der Waals surface area contributed by atoms with Gasteiger partial charge in [0, 0.05) is 16.1 Å². The molecule has 2 heterocycles. The number of nitrogens with one attached hydrogen (secondary N) is 1. The minimum Gasteiger partial charge on any atom is -0.467 e. The number of hydrogen-bond donors (Lipinski definition) is 1. The van der Waals surface area contributed by atoms with Crippen molar-refractivity contribution < 1.29 is 4.42 Å². The average Bonchev–Trinajstić information content (AvgIpc) is 2.82. The Balaban J connectivity index is 2.23. The van der Waals surface area contributed by atoms with Gasteiger partial charge >= 0.3 is 0 Å². The molecule has 0 amide bonds. The van der Waals surface area contributed by atoms with Gasteiger partial charge in [-0.1, -0.05) is 13.8 Å². The van der Waals surface area contributed by atoms with E-state index in [0.717, 1.165) is 16.8 Å². The molecule has 0 aliphatic carbocycles. The van der Waals surface area contributed by atoms with Crippen LogP contribution in [-0.4, -0.2) is 6.04 Å². The summed E-state index contributed by atoms with van der Waals surface area (Å²) in [4.78, 5) is 1.23. The molecular formula is C12H14BrNOS. The van der Waals surface area contributed by atoms with E-state index in [0.29, 0.717) is 6.04 Å². The fourth-order valence-electron chi connectivity index (χ4n) is 1.46. The Morgan fingerprint density at radius 3 is 2.88 bits per heavy atom. The van der Waals surface area contributed by atoms with Crippen LogP contribution in [0.2, 0.25) is 0 Å². The molecule has 0 saturated heterocycles. The van der Waals surface area contributed by atoms with Gasteiger partial charge in [0.25, 0.3) is 0 Å². The van der Waals surface area contributed by atoms with E-state index in [-0.39, 0.29) is 0 Å². The van der Waals surface area contributed by atoms with E-state index in [1.54, 1.807) is 17.6 Å². The summed E-state index contributed by atoms with van der Waals surface area (Å²) in [5.74, 6) is 0.997. The van der Waals surface area contributed by atoms with Crippen LogP contribution in [0, 0.1) is 0 Å². The normalized spacial score (nSPS) is 11.2. The lowest BCUT2D eigenvalue weighted by molar-refractivity contribution is 0.466. The topological polar surface area (TPSA) is 25.2 Å². The summed E-state index contributed by atoms with van der Waals surface area (Å²) in [7, 11) is 0. The highest BCUT2D eigenvalue weighted by atomic mass is 79.9. The molecule has 2 aromatic heterocycles. The number of halogens is 1. The second-order valence-corrected chi connectivity index (χ2v) is 5.66. The van der Waals surface area contributed by atoms with E-state index in [1.807, 2.05) is 6.07 Å². The molecule has 0 saturated carbocycles. The Hall–Kier alpha value is -0.580. The predicted molar refractivity (Wildman–Crippen MR) is 71.7 cm³/mol. The fraction of sp³-hybridized carbons (Fsp3) is 0.333. The third-order valence-electron chi connectivity index (χ3n) is 2.28. The van der Waals surface area contributed by atoms with Crippen LogP contribution in [0.25, 0.3) is 10.4 Å². The van der Waals surface area contributed by atoms with Crippen LogP contribution in [0.3, 0.4) is 0 Å². The Kier molecular flexibility index (Phi) is 3.84. The summed E-state index contributed by atoms with van der Waals surface area (Å²) in [6.07, 6.45) is 1.75. The minimum atomic E-state index is 0.463. The zero-order valence-corrected chi connectivity index (χ0v) is 11.7. The Labute approximate surface area is 108 Å². The van der Waals surface area contributed by atoms with Crippen LogP contribution in [0.1, 0.15) is 19.6 Å². The van der Waals surface area contributed by atoms with Crippen molar-refractivity contribution in [2.45, 2.75) is 26.4 Å². The van der Waals surface area contributed by atoms with Crippen LogP contribution >= 0.6 is 27.3 Å². The van der Waals surface area contributed by atoms with Crippen LogP contribution in [0.5, 0.6) is 0 Å². The standard InChI is InChI=1S/C12H14BrNOS/c1-8(2)14-7-11-9(3-5-15-11)12-10(13)4-6-16-12/h3-6,8,14H,7H2,1-2H3. The predicted octanol–water partition coefficient (Wildman–Crippen LogP) is 4.27. The van der Waals surface area contributed by atoms with Crippen molar-refractivity contribution in [2.75, 3.05) is 0 Å². The van der Waals surface area contributed by atoms with Gasteiger partial charge in [-0.25, -0.2) is 0 Å². The largest absolute Gasteiger partial charge is 0.467 e. The minimum absolute atomic E-state index is 0.463. The quantitative estimate of drug-likeness (QED) is 0.912. The molecule has 0 spiro atoms. The van der Waals surface area contributed by atoms with Gasteiger partial charge in [0.2, 0.25) is 0 Å². The first kappa shape index (κ1) is 11.9. The van der Waals surface area contributed by atoms with Crippen LogP contribution < -0.4 is 5.32 Å². The molecule has 2 nitrogen and oxygen atoms in total. The molecule has 86 valence electrons. The van der Waals surface area contributed by atoms with Crippen molar-refractivity contribution in [1.29, 1.82) is 0 Å². The van der Waals surface area contributed by atoms with Crippen molar-refractivity contribution in [3.63, 3.8) is 0 Å². The van der Waals surface area contributed by atoms with E-state index in [9.17, 15) is 0 Å². The Morgan fingerprint density at radius 2 is 2.25 bits per heavy atom. The van der Waals surface area contributed by atoms with E-state index >= 15 is 0 Å². The van der Waals surface area contributed by atoms with Gasteiger partial charge < -0.3 is 9.73 Å². The molecule has 0 bridgehead atoms. The molecule has 0 radical (unpaired) electrons. The van der Waals surface area contributed by atoms with Crippen molar-refractivity contribution >= 4 is 27.3 Å². The SMILES string of the molecule is CC(C)NCc1occc1-c1sccc1Br. The Bertz CT molecular complexity index is 461. The first-order chi connectivity index (χ1) is 7.68. The third kappa shape index (κ3) is 2.56. The summed E-state index contributed by atoms with van der Waals surface area (Å²) < 4.78 is 6.65. The van der Waals surface area contributed by atoms with Gasteiger partial charge in [-0.2, -0.15) is 0 Å². The molecule has 0 fully saturated rings. The van der Waals surface area contributed by atoms with Crippen molar-refractivity contribution in [2.24, 2.45) is 0 Å². The molecule has 0 atom stereocenters.